The van der Waals surface area contributed by atoms with Crippen LogP contribution in [0.1, 0.15) is 16.8 Å². The maximum atomic E-state index is 12.5. The standard InChI is InChI=1S/C18H14ClF3N4O/c1-11-16(19)17(26-10-25-11)24-8-12-2-5-14(6-3-12)27-15-7-4-13(9-23-15)18(20,21)22/h2-7,9-10H,8H2,1H3,(H,24,25,26). The van der Waals surface area contributed by atoms with E-state index in [1.165, 1.54) is 12.4 Å². The zero-order valence-electron chi connectivity index (χ0n) is 14.1. The molecule has 5 nitrogen and oxygen atoms in total. The van der Waals surface area contributed by atoms with Crippen LogP contribution < -0.4 is 10.1 Å². The van der Waals surface area contributed by atoms with Crippen molar-refractivity contribution in [2.75, 3.05) is 5.32 Å². The summed E-state index contributed by atoms with van der Waals surface area (Å²) in [5, 5.41) is 3.58. The molecular weight excluding hydrogens is 381 g/mol. The Balaban J connectivity index is 1.61. The lowest BCUT2D eigenvalue weighted by Crippen LogP contribution is -2.05. The van der Waals surface area contributed by atoms with Gasteiger partial charge in [-0.15, -0.1) is 0 Å². The van der Waals surface area contributed by atoms with Gasteiger partial charge in [-0.25, -0.2) is 15.0 Å². The second-order valence-corrected chi connectivity index (χ2v) is 5.98. The van der Waals surface area contributed by atoms with Crippen LogP contribution in [0.2, 0.25) is 5.02 Å². The summed E-state index contributed by atoms with van der Waals surface area (Å²) in [6.45, 7) is 2.27. The minimum absolute atomic E-state index is 0.0807. The third-order valence-corrected chi connectivity index (χ3v) is 4.09. The SMILES string of the molecule is Cc1ncnc(NCc2ccc(Oc3ccc(C(F)(F)F)cn3)cc2)c1Cl. The molecule has 0 amide bonds. The van der Waals surface area contributed by atoms with E-state index in [0.717, 1.165) is 17.8 Å². The number of hydrogen-bond donors (Lipinski definition) is 1. The average molecular weight is 395 g/mol. The van der Waals surface area contributed by atoms with E-state index in [2.05, 4.69) is 20.3 Å². The average Bonchev–Trinajstić information content (AvgIpc) is 2.64. The third-order valence-electron chi connectivity index (χ3n) is 3.63. The Morgan fingerprint density at radius 2 is 1.78 bits per heavy atom. The fourth-order valence-corrected chi connectivity index (χ4v) is 2.34. The molecule has 1 N–H and O–H groups in total. The number of rotatable bonds is 5. The summed E-state index contributed by atoms with van der Waals surface area (Å²) >= 11 is 6.13. The van der Waals surface area contributed by atoms with Crippen molar-refractivity contribution in [2.24, 2.45) is 0 Å². The van der Waals surface area contributed by atoms with Crippen molar-refractivity contribution in [1.82, 2.24) is 15.0 Å². The van der Waals surface area contributed by atoms with E-state index in [9.17, 15) is 13.2 Å². The number of nitrogens with zero attached hydrogens (tertiary/aromatic N) is 3. The third kappa shape index (κ3) is 4.85. The van der Waals surface area contributed by atoms with Crippen molar-refractivity contribution >= 4 is 17.4 Å². The highest BCUT2D eigenvalue weighted by Crippen LogP contribution is 2.30. The highest BCUT2D eigenvalue weighted by atomic mass is 35.5. The highest BCUT2D eigenvalue weighted by Gasteiger charge is 2.30. The van der Waals surface area contributed by atoms with E-state index < -0.39 is 11.7 Å². The predicted octanol–water partition coefficient (Wildman–Crippen LogP) is 5.26. The molecule has 140 valence electrons. The molecule has 2 aromatic heterocycles. The summed E-state index contributed by atoms with van der Waals surface area (Å²) < 4.78 is 43.0. The van der Waals surface area contributed by atoms with Gasteiger partial charge in [0.05, 0.1) is 11.3 Å². The van der Waals surface area contributed by atoms with Gasteiger partial charge in [0.15, 0.2) is 0 Å². The van der Waals surface area contributed by atoms with Crippen LogP contribution >= 0.6 is 11.6 Å². The highest BCUT2D eigenvalue weighted by molar-refractivity contribution is 6.33. The first-order chi connectivity index (χ1) is 12.8. The van der Waals surface area contributed by atoms with Gasteiger partial charge in [-0.2, -0.15) is 13.2 Å². The Bertz CT molecular complexity index is 915. The molecule has 0 radical (unpaired) electrons. The largest absolute Gasteiger partial charge is 0.439 e. The summed E-state index contributed by atoms with van der Waals surface area (Å²) in [6, 6.07) is 9.13. The molecule has 0 fully saturated rings. The summed E-state index contributed by atoms with van der Waals surface area (Å²) in [4.78, 5) is 11.8. The molecule has 0 spiro atoms. The number of nitrogens with one attached hydrogen (secondary N) is 1. The van der Waals surface area contributed by atoms with Gasteiger partial charge in [-0.3, -0.25) is 0 Å². The smallest absolute Gasteiger partial charge is 0.417 e. The van der Waals surface area contributed by atoms with E-state index >= 15 is 0 Å². The first kappa shape index (κ1) is 18.9. The van der Waals surface area contributed by atoms with Gasteiger partial charge in [0.2, 0.25) is 5.88 Å². The second-order valence-electron chi connectivity index (χ2n) is 5.60. The van der Waals surface area contributed by atoms with Crippen molar-refractivity contribution in [2.45, 2.75) is 19.6 Å². The van der Waals surface area contributed by atoms with Crippen LogP contribution in [0, 0.1) is 6.92 Å². The molecule has 0 aliphatic carbocycles. The van der Waals surface area contributed by atoms with Gasteiger partial charge in [-0.05, 0) is 30.7 Å². The fourth-order valence-electron chi connectivity index (χ4n) is 2.17. The Labute approximate surface area is 158 Å². The molecular formula is C18H14ClF3N4O. The number of anilines is 1. The molecule has 0 bridgehead atoms. The Morgan fingerprint density at radius 1 is 1.04 bits per heavy atom. The number of pyridine rings is 1. The Kier molecular flexibility index (Phi) is 5.46. The minimum atomic E-state index is -4.43. The van der Waals surface area contributed by atoms with Crippen molar-refractivity contribution in [3.8, 4) is 11.6 Å². The Morgan fingerprint density at radius 3 is 2.41 bits per heavy atom. The van der Waals surface area contributed by atoms with Gasteiger partial charge in [0, 0.05) is 18.8 Å². The molecule has 27 heavy (non-hydrogen) atoms. The number of aromatic nitrogens is 3. The summed E-state index contributed by atoms with van der Waals surface area (Å²) in [5.74, 6) is 1.08. The monoisotopic (exact) mass is 394 g/mol. The maximum absolute atomic E-state index is 12.5. The van der Waals surface area contributed by atoms with Crippen LogP contribution in [-0.2, 0) is 12.7 Å². The zero-order chi connectivity index (χ0) is 19.4. The van der Waals surface area contributed by atoms with Gasteiger partial charge < -0.3 is 10.1 Å². The van der Waals surface area contributed by atoms with Crippen molar-refractivity contribution in [3.05, 3.63) is 70.8 Å². The van der Waals surface area contributed by atoms with E-state index in [4.69, 9.17) is 16.3 Å². The van der Waals surface area contributed by atoms with E-state index in [1.807, 2.05) is 12.1 Å². The van der Waals surface area contributed by atoms with E-state index in [-0.39, 0.29) is 5.88 Å². The number of benzene rings is 1. The topological polar surface area (TPSA) is 59.9 Å². The molecule has 1 aromatic carbocycles. The fraction of sp³-hybridized carbons (Fsp3) is 0.167. The zero-order valence-corrected chi connectivity index (χ0v) is 14.8. The number of ether oxygens (including phenoxy) is 1. The number of halogens is 4. The van der Waals surface area contributed by atoms with E-state index in [1.54, 1.807) is 19.1 Å². The van der Waals surface area contributed by atoms with E-state index in [0.29, 0.717) is 28.8 Å². The van der Waals surface area contributed by atoms with Crippen LogP contribution in [0.5, 0.6) is 11.6 Å². The van der Waals surface area contributed by atoms with Gasteiger partial charge in [0.1, 0.15) is 22.9 Å². The molecule has 0 unspecified atom stereocenters. The minimum Gasteiger partial charge on any atom is -0.439 e. The van der Waals surface area contributed by atoms with Crippen molar-refractivity contribution in [1.29, 1.82) is 0 Å². The number of aryl methyl sites for hydroxylation is 1. The lowest BCUT2D eigenvalue weighted by Gasteiger charge is -2.10. The molecule has 0 saturated carbocycles. The molecule has 3 rings (SSSR count). The Hall–Kier alpha value is -2.87. The van der Waals surface area contributed by atoms with Crippen LogP contribution in [0.15, 0.2) is 48.9 Å². The van der Waals surface area contributed by atoms with Gasteiger partial charge in [0.25, 0.3) is 0 Å². The lowest BCUT2D eigenvalue weighted by molar-refractivity contribution is -0.137. The summed E-state index contributed by atoms with van der Waals surface area (Å²) in [6.07, 6.45) is -2.26. The van der Waals surface area contributed by atoms with Crippen LogP contribution in [-0.4, -0.2) is 15.0 Å². The molecule has 0 aliphatic heterocycles. The lowest BCUT2D eigenvalue weighted by atomic mass is 10.2. The second kappa shape index (κ2) is 7.79. The predicted molar refractivity (Wildman–Crippen MR) is 94.9 cm³/mol. The molecule has 0 aliphatic rings. The quantitative estimate of drug-likeness (QED) is 0.640. The molecule has 0 saturated heterocycles. The maximum Gasteiger partial charge on any atom is 0.417 e. The normalized spacial score (nSPS) is 11.3. The molecule has 0 atom stereocenters. The molecule has 9 heteroatoms. The number of hydrogen-bond acceptors (Lipinski definition) is 5. The molecule has 2 heterocycles. The summed E-state index contributed by atoms with van der Waals surface area (Å²) in [5.41, 5.74) is 0.798. The van der Waals surface area contributed by atoms with Crippen LogP contribution in [0.3, 0.4) is 0 Å². The summed E-state index contributed by atoms with van der Waals surface area (Å²) in [7, 11) is 0. The first-order valence-electron chi connectivity index (χ1n) is 7.84. The van der Waals surface area contributed by atoms with Crippen molar-refractivity contribution in [3.63, 3.8) is 0 Å². The van der Waals surface area contributed by atoms with Gasteiger partial charge in [-0.1, -0.05) is 23.7 Å². The number of alkyl halides is 3. The van der Waals surface area contributed by atoms with Crippen molar-refractivity contribution < 1.29 is 17.9 Å². The first-order valence-corrected chi connectivity index (χ1v) is 8.22. The van der Waals surface area contributed by atoms with Crippen LogP contribution in [0.25, 0.3) is 0 Å². The van der Waals surface area contributed by atoms with Crippen LogP contribution in [0.4, 0.5) is 19.0 Å². The molecule has 3 aromatic rings. The van der Waals surface area contributed by atoms with Gasteiger partial charge >= 0.3 is 6.18 Å².